The largest absolute Gasteiger partial charge is 0.314 e. The number of fused-ring (bicyclic) bond motifs is 1. The minimum atomic E-state index is -0.871. The monoisotopic (exact) mass is 229 g/mol. The predicted molar refractivity (Wildman–Crippen MR) is 55.7 cm³/mol. The Morgan fingerprint density at radius 1 is 1.57 bits per heavy atom. The molecule has 1 aromatic carbocycles. The third kappa shape index (κ3) is 1.27. The Morgan fingerprint density at radius 3 is 2.93 bits per heavy atom. The summed E-state index contributed by atoms with van der Waals surface area (Å²) in [5.74, 6) is -0.871. The smallest absolute Gasteiger partial charge is 0.258 e. The van der Waals surface area contributed by atoms with Crippen LogP contribution in [0.1, 0.15) is 0 Å². The zero-order chi connectivity index (χ0) is 10.3. The van der Waals surface area contributed by atoms with Gasteiger partial charge in [-0.1, -0.05) is 0 Å². The molecular weight excluding hydrogens is 225 g/mol. The van der Waals surface area contributed by atoms with Gasteiger partial charge in [-0.3, -0.25) is 10.1 Å². The van der Waals surface area contributed by atoms with Gasteiger partial charge in [-0.15, -0.1) is 24.0 Å². The van der Waals surface area contributed by atoms with E-state index in [1.807, 2.05) is 0 Å². The number of thiol groups is 1. The van der Waals surface area contributed by atoms with E-state index in [1.165, 1.54) is 23.5 Å². The zero-order valence-corrected chi connectivity index (χ0v) is 8.44. The normalized spacial score (nSPS) is 10.7. The van der Waals surface area contributed by atoms with Crippen LogP contribution in [0.25, 0.3) is 10.1 Å². The van der Waals surface area contributed by atoms with Crippen LogP contribution in [0.5, 0.6) is 0 Å². The lowest BCUT2D eigenvalue weighted by Gasteiger charge is -1.98. The van der Waals surface area contributed by atoms with Crippen LogP contribution in [0.3, 0.4) is 0 Å². The Kier molecular flexibility index (Phi) is 2.16. The molecule has 0 N–H and O–H groups in total. The third-order valence-corrected chi connectivity index (χ3v) is 3.02. The standard InChI is InChI=1S/C8H4FNO2S2/c9-7-5(13)3-6-4(1-2-14-6)8(7)10(11)12/h1-3,13H. The lowest BCUT2D eigenvalue weighted by atomic mass is 10.2. The summed E-state index contributed by atoms with van der Waals surface area (Å²) in [4.78, 5) is 9.91. The van der Waals surface area contributed by atoms with Crippen molar-refractivity contribution < 1.29 is 9.31 Å². The molecule has 0 saturated carbocycles. The number of nitro groups is 1. The molecule has 0 atom stereocenters. The van der Waals surface area contributed by atoms with E-state index in [0.717, 1.165) is 0 Å². The van der Waals surface area contributed by atoms with Crippen LogP contribution >= 0.6 is 24.0 Å². The van der Waals surface area contributed by atoms with Gasteiger partial charge in [-0.25, -0.2) is 0 Å². The van der Waals surface area contributed by atoms with Gasteiger partial charge in [-0.05, 0) is 17.5 Å². The second-order valence-electron chi connectivity index (χ2n) is 2.65. The summed E-state index contributed by atoms with van der Waals surface area (Å²) in [5.41, 5.74) is -0.492. The van der Waals surface area contributed by atoms with Gasteiger partial charge in [0.15, 0.2) is 0 Å². The average Bonchev–Trinajstić information content (AvgIpc) is 2.52. The summed E-state index contributed by atoms with van der Waals surface area (Å²) >= 11 is 5.16. The molecule has 0 bridgehead atoms. The fourth-order valence-corrected chi connectivity index (χ4v) is 2.38. The molecule has 3 nitrogen and oxygen atoms in total. The minimum Gasteiger partial charge on any atom is -0.258 e. The van der Waals surface area contributed by atoms with E-state index < -0.39 is 16.4 Å². The van der Waals surface area contributed by atoms with E-state index in [4.69, 9.17) is 0 Å². The molecule has 2 rings (SSSR count). The molecule has 6 heteroatoms. The van der Waals surface area contributed by atoms with Gasteiger partial charge < -0.3 is 0 Å². The summed E-state index contributed by atoms with van der Waals surface area (Å²) in [6.45, 7) is 0. The number of nitrogens with zero attached hydrogens (tertiary/aromatic N) is 1. The van der Waals surface area contributed by atoms with E-state index >= 15 is 0 Å². The fraction of sp³-hybridized carbons (Fsp3) is 0. The molecule has 0 spiro atoms. The van der Waals surface area contributed by atoms with Crippen molar-refractivity contribution in [2.75, 3.05) is 0 Å². The first-order chi connectivity index (χ1) is 6.61. The Hall–Kier alpha value is -1.14. The predicted octanol–water partition coefficient (Wildman–Crippen LogP) is 3.24. The van der Waals surface area contributed by atoms with Crippen LogP contribution in [0.15, 0.2) is 22.4 Å². The minimum absolute atomic E-state index is 0.00616. The number of hydrogen-bond donors (Lipinski definition) is 1. The molecule has 2 aromatic rings. The van der Waals surface area contributed by atoms with E-state index in [0.29, 0.717) is 10.1 Å². The highest BCUT2D eigenvalue weighted by molar-refractivity contribution is 7.80. The van der Waals surface area contributed by atoms with Crippen LogP contribution in [0, 0.1) is 15.9 Å². The SMILES string of the molecule is O=[N+]([O-])c1c(F)c(S)cc2sccc12. The molecule has 72 valence electrons. The zero-order valence-electron chi connectivity index (χ0n) is 6.73. The van der Waals surface area contributed by atoms with Crippen molar-refractivity contribution in [2.24, 2.45) is 0 Å². The first kappa shape index (κ1) is 9.42. The molecule has 0 aliphatic heterocycles. The molecule has 1 aromatic heterocycles. The summed E-state index contributed by atoms with van der Waals surface area (Å²) < 4.78 is 14.0. The van der Waals surface area contributed by atoms with Crippen LogP contribution in [-0.4, -0.2) is 4.92 Å². The summed E-state index contributed by atoms with van der Waals surface area (Å²) in [6, 6.07) is 3.03. The maximum absolute atomic E-state index is 13.3. The van der Waals surface area contributed by atoms with Crippen molar-refractivity contribution in [1.29, 1.82) is 0 Å². The molecule has 0 aliphatic carbocycles. The van der Waals surface area contributed by atoms with Crippen LogP contribution < -0.4 is 0 Å². The van der Waals surface area contributed by atoms with Gasteiger partial charge in [0.1, 0.15) is 0 Å². The maximum atomic E-state index is 13.3. The second-order valence-corrected chi connectivity index (χ2v) is 4.08. The van der Waals surface area contributed by atoms with Gasteiger partial charge in [0.2, 0.25) is 5.82 Å². The first-order valence-electron chi connectivity index (χ1n) is 3.64. The Bertz CT molecular complexity index is 523. The van der Waals surface area contributed by atoms with Gasteiger partial charge in [0.25, 0.3) is 0 Å². The molecule has 0 fully saturated rings. The quantitative estimate of drug-likeness (QED) is 0.463. The van der Waals surface area contributed by atoms with Crippen LogP contribution in [0.4, 0.5) is 10.1 Å². The fourth-order valence-electron chi connectivity index (χ4n) is 1.23. The molecule has 1 heterocycles. The number of thiophene rings is 1. The number of rotatable bonds is 1. The van der Waals surface area contributed by atoms with Crippen molar-refractivity contribution in [3.05, 3.63) is 33.4 Å². The Balaban J connectivity index is 2.93. The van der Waals surface area contributed by atoms with Gasteiger partial charge in [0.05, 0.1) is 10.3 Å². The van der Waals surface area contributed by atoms with E-state index in [9.17, 15) is 14.5 Å². The Morgan fingerprint density at radius 2 is 2.29 bits per heavy atom. The van der Waals surface area contributed by atoms with Crippen LogP contribution in [0.2, 0.25) is 0 Å². The summed E-state index contributed by atoms with van der Waals surface area (Å²) in [6.07, 6.45) is 0. The van der Waals surface area contributed by atoms with E-state index in [-0.39, 0.29) is 4.90 Å². The van der Waals surface area contributed by atoms with Crippen molar-refractivity contribution in [2.45, 2.75) is 4.90 Å². The van der Waals surface area contributed by atoms with Gasteiger partial charge >= 0.3 is 5.69 Å². The molecule has 0 amide bonds. The highest BCUT2D eigenvalue weighted by atomic mass is 32.1. The molecule has 0 unspecified atom stereocenters. The summed E-state index contributed by atoms with van der Waals surface area (Å²) in [5, 5.41) is 12.6. The van der Waals surface area contributed by atoms with Crippen LogP contribution in [-0.2, 0) is 0 Å². The number of benzene rings is 1. The highest BCUT2D eigenvalue weighted by Crippen LogP contribution is 2.35. The van der Waals surface area contributed by atoms with E-state index in [1.54, 1.807) is 5.38 Å². The second kappa shape index (κ2) is 3.21. The molecular formula is C8H4FNO2S2. The topological polar surface area (TPSA) is 43.1 Å². The molecule has 0 radical (unpaired) electrons. The highest BCUT2D eigenvalue weighted by Gasteiger charge is 2.21. The van der Waals surface area contributed by atoms with Gasteiger partial charge in [-0.2, -0.15) is 4.39 Å². The lowest BCUT2D eigenvalue weighted by molar-refractivity contribution is -0.385. The van der Waals surface area contributed by atoms with Gasteiger partial charge in [0, 0.05) is 9.60 Å². The summed E-state index contributed by atoms with van der Waals surface area (Å²) in [7, 11) is 0. The average molecular weight is 229 g/mol. The maximum Gasteiger partial charge on any atom is 0.314 e. The first-order valence-corrected chi connectivity index (χ1v) is 4.97. The molecule has 0 aliphatic rings. The molecule has 14 heavy (non-hydrogen) atoms. The van der Waals surface area contributed by atoms with Crippen molar-refractivity contribution in [3.8, 4) is 0 Å². The van der Waals surface area contributed by atoms with Crippen molar-refractivity contribution in [3.63, 3.8) is 0 Å². The lowest BCUT2D eigenvalue weighted by Crippen LogP contribution is -1.93. The van der Waals surface area contributed by atoms with Crippen molar-refractivity contribution >= 4 is 39.7 Å². The number of hydrogen-bond acceptors (Lipinski definition) is 4. The Labute approximate surface area is 87.7 Å². The molecule has 0 saturated heterocycles. The number of halogens is 1. The van der Waals surface area contributed by atoms with Crippen molar-refractivity contribution in [1.82, 2.24) is 0 Å². The third-order valence-electron chi connectivity index (χ3n) is 1.83. The number of nitro benzene ring substituents is 1. The van der Waals surface area contributed by atoms with E-state index in [2.05, 4.69) is 12.6 Å².